The lowest BCUT2D eigenvalue weighted by Crippen LogP contribution is -2.59. The van der Waals surface area contributed by atoms with Gasteiger partial charge in [0, 0.05) is 35.1 Å². The van der Waals surface area contributed by atoms with Gasteiger partial charge in [0.05, 0.1) is 5.56 Å². The van der Waals surface area contributed by atoms with Gasteiger partial charge in [-0.1, -0.05) is 15.9 Å². The Labute approximate surface area is 140 Å². The van der Waals surface area contributed by atoms with E-state index in [0.717, 1.165) is 8.95 Å². The number of amides is 2. The number of hydrogen-bond acceptors (Lipinski definition) is 3. The maximum atomic E-state index is 12.7. The Hall–Kier alpha value is -0.920. The number of nitrogens with zero attached hydrogens (tertiary/aromatic N) is 1. The molecule has 1 fully saturated rings. The van der Waals surface area contributed by atoms with Gasteiger partial charge < -0.3 is 15.5 Å². The normalized spacial score (nSPS) is 18.4. The Bertz CT molecular complexity index is 551. The van der Waals surface area contributed by atoms with Crippen molar-refractivity contribution < 1.29 is 9.59 Å². The Balaban J connectivity index is 2.24. The minimum Gasteiger partial charge on any atom is -0.355 e. The molecule has 1 atom stereocenters. The van der Waals surface area contributed by atoms with E-state index in [-0.39, 0.29) is 11.8 Å². The van der Waals surface area contributed by atoms with Gasteiger partial charge in [0.1, 0.15) is 6.04 Å². The van der Waals surface area contributed by atoms with E-state index in [1.165, 1.54) is 0 Å². The second kappa shape index (κ2) is 7.38. The largest absolute Gasteiger partial charge is 0.355 e. The summed E-state index contributed by atoms with van der Waals surface area (Å²) in [5, 5.41) is 5.94. The van der Waals surface area contributed by atoms with Crippen molar-refractivity contribution in [2.75, 3.05) is 26.2 Å². The van der Waals surface area contributed by atoms with Gasteiger partial charge in [-0.25, -0.2) is 0 Å². The van der Waals surface area contributed by atoms with Gasteiger partial charge in [-0.2, -0.15) is 0 Å². The number of piperazine rings is 1. The van der Waals surface area contributed by atoms with Gasteiger partial charge in [-0.3, -0.25) is 9.59 Å². The summed E-state index contributed by atoms with van der Waals surface area (Å²) in [4.78, 5) is 26.5. The van der Waals surface area contributed by atoms with E-state index < -0.39 is 6.04 Å². The molecule has 0 radical (unpaired) electrons. The second-order valence-corrected chi connectivity index (χ2v) is 6.51. The number of benzene rings is 1. The molecule has 1 aliphatic heterocycles. The van der Waals surface area contributed by atoms with Crippen LogP contribution in [0.25, 0.3) is 0 Å². The molecule has 1 heterocycles. The predicted molar refractivity (Wildman–Crippen MR) is 88.2 cm³/mol. The number of halogens is 2. The third-order valence-corrected chi connectivity index (χ3v) is 4.47. The molecule has 21 heavy (non-hydrogen) atoms. The van der Waals surface area contributed by atoms with Crippen molar-refractivity contribution >= 4 is 43.7 Å². The van der Waals surface area contributed by atoms with E-state index in [4.69, 9.17) is 0 Å². The van der Waals surface area contributed by atoms with Crippen LogP contribution >= 0.6 is 31.9 Å². The summed E-state index contributed by atoms with van der Waals surface area (Å²) in [5.74, 6) is -0.251. The van der Waals surface area contributed by atoms with Crippen molar-refractivity contribution in [3.05, 3.63) is 32.7 Å². The van der Waals surface area contributed by atoms with Gasteiger partial charge in [-0.15, -0.1) is 0 Å². The van der Waals surface area contributed by atoms with Gasteiger partial charge in [0.25, 0.3) is 5.91 Å². The number of rotatable bonds is 3. The molecule has 1 saturated heterocycles. The van der Waals surface area contributed by atoms with Crippen LogP contribution in [0.1, 0.15) is 17.3 Å². The SMILES string of the molecule is CCNC(=O)C1CNCCN1C(=O)c1ccc(Br)cc1Br. The Kier molecular flexibility index (Phi) is 5.78. The first kappa shape index (κ1) is 16.5. The van der Waals surface area contributed by atoms with E-state index in [1.807, 2.05) is 19.1 Å². The first-order valence-corrected chi connectivity index (χ1v) is 8.37. The summed E-state index contributed by atoms with van der Waals surface area (Å²) >= 11 is 6.78. The molecule has 1 unspecified atom stereocenters. The minimum absolute atomic E-state index is 0.119. The average Bonchev–Trinajstić information content (AvgIpc) is 2.47. The molecule has 0 saturated carbocycles. The van der Waals surface area contributed by atoms with E-state index >= 15 is 0 Å². The van der Waals surface area contributed by atoms with Crippen LogP contribution in [-0.2, 0) is 4.79 Å². The lowest BCUT2D eigenvalue weighted by Gasteiger charge is -2.35. The van der Waals surface area contributed by atoms with Gasteiger partial charge >= 0.3 is 0 Å². The zero-order chi connectivity index (χ0) is 15.4. The van der Waals surface area contributed by atoms with Crippen LogP contribution in [0.2, 0.25) is 0 Å². The molecular formula is C14H17Br2N3O2. The van der Waals surface area contributed by atoms with Crippen molar-refractivity contribution in [3.8, 4) is 0 Å². The van der Waals surface area contributed by atoms with Crippen LogP contribution in [0, 0.1) is 0 Å². The second-order valence-electron chi connectivity index (χ2n) is 4.74. The summed E-state index contributed by atoms with van der Waals surface area (Å²) in [7, 11) is 0. The van der Waals surface area contributed by atoms with Crippen LogP contribution in [-0.4, -0.2) is 48.9 Å². The summed E-state index contributed by atoms with van der Waals surface area (Å²) in [6, 6.07) is 4.94. The lowest BCUT2D eigenvalue weighted by atomic mass is 10.1. The van der Waals surface area contributed by atoms with Gasteiger partial charge in [0.2, 0.25) is 5.91 Å². The standard InChI is InChI=1S/C14H17Br2N3O2/c1-2-18-13(20)12-8-17-5-6-19(12)14(21)10-4-3-9(15)7-11(10)16/h3-4,7,12,17H,2,5-6,8H2,1H3,(H,18,20). The first-order chi connectivity index (χ1) is 10.0. The Morgan fingerprint density at radius 3 is 2.86 bits per heavy atom. The first-order valence-electron chi connectivity index (χ1n) is 6.79. The average molecular weight is 419 g/mol. The highest BCUT2D eigenvalue weighted by Crippen LogP contribution is 2.24. The molecule has 0 aliphatic carbocycles. The zero-order valence-corrected chi connectivity index (χ0v) is 14.8. The fourth-order valence-electron chi connectivity index (χ4n) is 2.29. The van der Waals surface area contributed by atoms with E-state index in [2.05, 4.69) is 42.5 Å². The highest BCUT2D eigenvalue weighted by molar-refractivity contribution is 9.11. The monoisotopic (exact) mass is 417 g/mol. The molecule has 2 rings (SSSR count). The van der Waals surface area contributed by atoms with Crippen molar-refractivity contribution in [3.63, 3.8) is 0 Å². The van der Waals surface area contributed by atoms with Crippen LogP contribution in [0.4, 0.5) is 0 Å². The zero-order valence-electron chi connectivity index (χ0n) is 11.7. The molecule has 1 aromatic rings. The van der Waals surface area contributed by atoms with E-state index in [9.17, 15) is 9.59 Å². The maximum Gasteiger partial charge on any atom is 0.255 e. The molecule has 0 aromatic heterocycles. The van der Waals surface area contributed by atoms with Crippen molar-refractivity contribution in [1.82, 2.24) is 15.5 Å². The van der Waals surface area contributed by atoms with Crippen molar-refractivity contribution in [2.45, 2.75) is 13.0 Å². The fourth-order valence-corrected chi connectivity index (χ4v) is 3.51. The molecule has 1 aromatic carbocycles. The Morgan fingerprint density at radius 2 is 2.19 bits per heavy atom. The van der Waals surface area contributed by atoms with Crippen molar-refractivity contribution in [1.29, 1.82) is 0 Å². The summed E-state index contributed by atoms with van der Waals surface area (Å²) in [6.07, 6.45) is 0. The molecule has 0 spiro atoms. The third-order valence-electron chi connectivity index (χ3n) is 3.32. The topological polar surface area (TPSA) is 61.4 Å². The van der Waals surface area contributed by atoms with Crippen LogP contribution in [0.5, 0.6) is 0 Å². The molecule has 5 nitrogen and oxygen atoms in total. The summed E-state index contributed by atoms with van der Waals surface area (Å²) < 4.78 is 1.61. The maximum absolute atomic E-state index is 12.7. The van der Waals surface area contributed by atoms with Crippen LogP contribution in [0.3, 0.4) is 0 Å². The number of carbonyl (C=O) groups excluding carboxylic acids is 2. The van der Waals surface area contributed by atoms with Gasteiger partial charge in [0.15, 0.2) is 0 Å². The fraction of sp³-hybridized carbons (Fsp3) is 0.429. The summed E-state index contributed by atoms with van der Waals surface area (Å²) in [6.45, 7) is 4.11. The molecule has 2 N–H and O–H groups in total. The number of carbonyl (C=O) groups is 2. The third kappa shape index (κ3) is 3.84. The number of likely N-dealkylation sites (N-methyl/N-ethyl adjacent to an activating group) is 1. The summed E-state index contributed by atoms with van der Waals surface area (Å²) in [5.41, 5.74) is 0.564. The molecular weight excluding hydrogens is 402 g/mol. The van der Waals surface area contributed by atoms with Crippen molar-refractivity contribution in [2.24, 2.45) is 0 Å². The Morgan fingerprint density at radius 1 is 1.43 bits per heavy atom. The highest BCUT2D eigenvalue weighted by Gasteiger charge is 2.32. The van der Waals surface area contributed by atoms with Gasteiger partial charge in [-0.05, 0) is 41.1 Å². The predicted octanol–water partition coefficient (Wildman–Crippen LogP) is 1.76. The minimum atomic E-state index is -0.471. The smallest absolute Gasteiger partial charge is 0.255 e. The highest BCUT2D eigenvalue weighted by atomic mass is 79.9. The molecule has 1 aliphatic rings. The number of hydrogen-bond donors (Lipinski definition) is 2. The quantitative estimate of drug-likeness (QED) is 0.786. The lowest BCUT2D eigenvalue weighted by molar-refractivity contribution is -0.126. The van der Waals surface area contributed by atoms with Crippen LogP contribution in [0.15, 0.2) is 27.1 Å². The molecule has 114 valence electrons. The molecule has 0 bridgehead atoms. The van der Waals surface area contributed by atoms with E-state index in [0.29, 0.717) is 31.7 Å². The van der Waals surface area contributed by atoms with E-state index in [1.54, 1.807) is 11.0 Å². The van der Waals surface area contributed by atoms with Crippen LogP contribution < -0.4 is 10.6 Å². The number of nitrogens with one attached hydrogen (secondary N) is 2. The molecule has 7 heteroatoms. The molecule has 2 amide bonds.